The van der Waals surface area contributed by atoms with Gasteiger partial charge in [-0.05, 0) is 24.9 Å². The zero-order valence-corrected chi connectivity index (χ0v) is 17.2. The highest BCUT2D eigenvalue weighted by molar-refractivity contribution is 7.98. The van der Waals surface area contributed by atoms with Crippen molar-refractivity contribution in [2.45, 2.75) is 43.8 Å². The summed E-state index contributed by atoms with van der Waals surface area (Å²) in [5.41, 5.74) is 10.2. The Morgan fingerprint density at radius 2 is 1.43 bits per heavy atom. The van der Waals surface area contributed by atoms with Crippen LogP contribution in [0, 0.1) is 0 Å². The Morgan fingerprint density at radius 1 is 0.900 bits per heavy atom. The SMILES string of the molecule is CSCCC(NC(=O)CN)C(=O)NC(CCC(=O)O)C(=O)NC(CC(N)=O)C(=O)O. The molecule has 0 rings (SSSR count). The third-order valence-corrected chi connectivity index (χ3v) is 4.39. The van der Waals surface area contributed by atoms with E-state index in [1.807, 2.05) is 0 Å². The number of hydrogen-bond acceptors (Lipinski definition) is 8. The van der Waals surface area contributed by atoms with E-state index in [-0.39, 0.29) is 19.4 Å². The Hall–Kier alpha value is -2.87. The summed E-state index contributed by atoms with van der Waals surface area (Å²) < 4.78 is 0. The van der Waals surface area contributed by atoms with E-state index in [0.717, 1.165) is 0 Å². The van der Waals surface area contributed by atoms with E-state index in [4.69, 9.17) is 21.7 Å². The first-order valence-electron chi connectivity index (χ1n) is 8.83. The zero-order valence-electron chi connectivity index (χ0n) is 16.4. The molecule has 13 nitrogen and oxygen atoms in total. The van der Waals surface area contributed by atoms with Gasteiger partial charge in [-0.15, -0.1) is 0 Å². The van der Waals surface area contributed by atoms with Crippen molar-refractivity contribution in [3.8, 4) is 0 Å². The number of aliphatic carboxylic acids is 2. The molecule has 0 aliphatic carbocycles. The summed E-state index contributed by atoms with van der Waals surface area (Å²) in [5.74, 6) is -5.63. The minimum atomic E-state index is -1.65. The summed E-state index contributed by atoms with van der Waals surface area (Å²) >= 11 is 1.41. The number of carbonyl (C=O) groups is 6. The highest BCUT2D eigenvalue weighted by Gasteiger charge is 2.30. The largest absolute Gasteiger partial charge is 0.481 e. The van der Waals surface area contributed by atoms with Gasteiger partial charge >= 0.3 is 11.9 Å². The average Bonchev–Trinajstić information content (AvgIpc) is 2.66. The number of hydrogen-bond donors (Lipinski definition) is 7. The number of amides is 4. The predicted molar refractivity (Wildman–Crippen MR) is 106 cm³/mol. The van der Waals surface area contributed by atoms with Crippen LogP contribution < -0.4 is 27.4 Å². The second-order valence-corrected chi connectivity index (χ2v) is 7.15. The lowest BCUT2D eigenvalue weighted by Gasteiger charge is -2.24. The summed E-state index contributed by atoms with van der Waals surface area (Å²) in [6.45, 7) is -0.362. The van der Waals surface area contributed by atoms with Crippen molar-refractivity contribution in [1.82, 2.24) is 16.0 Å². The molecule has 0 aliphatic heterocycles. The standard InChI is InChI=1S/C16H27N5O8S/c1-30-5-4-9(19-12(23)7-17)15(27)20-8(2-3-13(24)25)14(26)21-10(16(28)29)6-11(18)22/h8-10H,2-7,17H2,1H3,(H2,18,22)(H,19,23)(H,20,27)(H,21,26)(H,24,25)(H,28,29). The molecule has 9 N–H and O–H groups in total. The van der Waals surface area contributed by atoms with E-state index >= 15 is 0 Å². The summed E-state index contributed by atoms with van der Waals surface area (Å²) in [6.07, 6.45) is 0.453. The van der Waals surface area contributed by atoms with Crippen LogP contribution in [0.25, 0.3) is 0 Å². The van der Waals surface area contributed by atoms with Crippen molar-refractivity contribution in [3.63, 3.8) is 0 Å². The highest BCUT2D eigenvalue weighted by atomic mass is 32.2. The fraction of sp³-hybridized carbons (Fsp3) is 0.625. The smallest absolute Gasteiger partial charge is 0.326 e. The molecule has 30 heavy (non-hydrogen) atoms. The number of nitrogens with two attached hydrogens (primary N) is 2. The van der Waals surface area contributed by atoms with E-state index in [9.17, 15) is 28.8 Å². The van der Waals surface area contributed by atoms with E-state index in [1.54, 1.807) is 6.26 Å². The number of rotatable bonds is 15. The predicted octanol–water partition coefficient (Wildman–Crippen LogP) is -3.02. The molecule has 0 aromatic rings. The third-order valence-electron chi connectivity index (χ3n) is 3.75. The van der Waals surface area contributed by atoms with Crippen LogP contribution in [0.4, 0.5) is 0 Å². The van der Waals surface area contributed by atoms with Crippen LogP contribution in [0.5, 0.6) is 0 Å². The Bertz CT molecular complexity index is 660. The minimum Gasteiger partial charge on any atom is -0.481 e. The van der Waals surface area contributed by atoms with Crippen molar-refractivity contribution in [1.29, 1.82) is 0 Å². The fourth-order valence-corrected chi connectivity index (χ4v) is 2.71. The monoisotopic (exact) mass is 449 g/mol. The summed E-state index contributed by atoms with van der Waals surface area (Å²) in [4.78, 5) is 69.6. The number of thioether (sulfide) groups is 1. The molecule has 0 aromatic carbocycles. The number of carboxylic acid groups (broad SMARTS) is 2. The first-order chi connectivity index (χ1) is 14.0. The molecule has 0 saturated heterocycles. The zero-order chi connectivity index (χ0) is 23.3. The second kappa shape index (κ2) is 14.2. The van der Waals surface area contributed by atoms with Gasteiger partial charge in [-0.3, -0.25) is 24.0 Å². The molecule has 4 amide bonds. The summed E-state index contributed by atoms with van der Waals surface area (Å²) in [7, 11) is 0. The Labute approximate surface area is 176 Å². The molecule has 0 radical (unpaired) electrons. The van der Waals surface area contributed by atoms with Gasteiger partial charge in [-0.2, -0.15) is 11.8 Å². The van der Waals surface area contributed by atoms with Crippen molar-refractivity contribution in [2.24, 2.45) is 11.5 Å². The molecular weight excluding hydrogens is 422 g/mol. The van der Waals surface area contributed by atoms with Crippen LogP contribution in [-0.2, 0) is 28.8 Å². The quantitative estimate of drug-likeness (QED) is 0.134. The van der Waals surface area contributed by atoms with Gasteiger partial charge in [0.15, 0.2) is 0 Å². The molecule has 0 fully saturated rings. The van der Waals surface area contributed by atoms with Crippen LogP contribution in [0.15, 0.2) is 0 Å². The van der Waals surface area contributed by atoms with Gasteiger partial charge in [0.05, 0.1) is 13.0 Å². The first kappa shape index (κ1) is 27.1. The molecule has 0 aromatic heterocycles. The van der Waals surface area contributed by atoms with Crippen molar-refractivity contribution in [2.75, 3.05) is 18.6 Å². The fourth-order valence-electron chi connectivity index (χ4n) is 2.24. The van der Waals surface area contributed by atoms with Crippen LogP contribution in [0.1, 0.15) is 25.7 Å². The number of carboxylic acids is 2. The molecule has 0 spiro atoms. The van der Waals surface area contributed by atoms with Gasteiger partial charge < -0.3 is 37.6 Å². The Kier molecular flexibility index (Phi) is 12.8. The number of carbonyl (C=O) groups excluding carboxylic acids is 4. The number of primary amides is 1. The molecule has 0 saturated carbocycles. The highest BCUT2D eigenvalue weighted by Crippen LogP contribution is 2.05. The van der Waals surface area contributed by atoms with Gasteiger partial charge in [0.25, 0.3) is 0 Å². The van der Waals surface area contributed by atoms with Gasteiger partial charge in [0.2, 0.25) is 23.6 Å². The second-order valence-electron chi connectivity index (χ2n) is 6.17. The molecular formula is C16H27N5O8S. The lowest BCUT2D eigenvalue weighted by atomic mass is 10.1. The van der Waals surface area contributed by atoms with Crippen molar-refractivity contribution in [3.05, 3.63) is 0 Å². The maximum Gasteiger partial charge on any atom is 0.326 e. The average molecular weight is 449 g/mol. The van der Waals surface area contributed by atoms with Gasteiger partial charge in [-0.1, -0.05) is 0 Å². The van der Waals surface area contributed by atoms with E-state index in [0.29, 0.717) is 5.75 Å². The lowest BCUT2D eigenvalue weighted by molar-refractivity contribution is -0.144. The van der Waals surface area contributed by atoms with E-state index < -0.39 is 66.5 Å². The molecule has 3 atom stereocenters. The van der Waals surface area contributed by atoms with Gasteiger partial charge in [0, 0.05) is 6.42 Å². The maximum atomic E-state index is 12.6. The van der Waals surface area contributed by atoms with E-state index in [1.165, 1.54) is 11.8 Å². The van der Waals surface area contributed by atoms with Crippen LogP contribution in [-0.4, -0.2) is 82.5 Å². The molecule has 14 heteroatoms. The maximum absolute atomic E-state index is 12.6. The lowest BCUT2D eigenvalue weighted by Crippen LogP contribution is -2.56. The molecule has 0 bridgehead atoms. The minimum absolute atomic E-state index is 0.214. The Morgan fingerprint density at radius 3 is 1.87 bits per heavy atom. The normalized spacial score (nSPS) is 13.4. The molecule has 3 unspecified atom stereocenters. The van der Waals surface area contributed by atoms with Gasteiger partial charge in [0.1, 0.15) is 18.1 Å². The first-order valence-corrected chi connectivity index (χ1v) is 10.2. The molecule has 170 valence electrons. The van der Waals surface area contributed by atoms with Crippen molar-refractivity contribution < 1.29 is 39.0 Å². The summed E-state index contributed by atoms with van der Waals surface area (Å²) in [6, 6.07) is -4.10. The van der Waals surface area contributed by atoms with Crippen LogP contribution in [0.2, 0.25) is 0 Å². The molecule has 0 heterocycles. The summed E-state index contributed by atoms with van der Waals surface area (Å²) in [5, 5.41) is 24.7. The molecule has 0 aliphatic rings. The topological polar surface area (TPSA) is 231 Å². The van der Waals surface area contributed by atoms with Crippen LogP contribution in [0.3, 0.4) is 0 Å². The number of nitrogens with one attached hydrogen (secondary N) is 3. The van der Waals surface area contributed by atoms with Gasteiger partial charge in [-0.25, -0.2) is 4.79 Å². The van der Waals surface area contributed by atoms with Crippen molar-refractivity contribution >= 4 is 47.3 Å². The van der Waals surface area contributed by atoms with Crippen LogP contribution >= 0.6 is 11.8 Å². The third kappa shape index (κ3) is 11.2. The Balaban J connectivity index is 5.40. The van der Waals surface area contributed by atoms with E-state index in [2.05, 4.69) is 16.0 Å².